The van der Waals surface area contributed by atoms with E-state index in [9.17, 15) is 13.2 Å². The summed E-state index contributed by atoms with van der Waals surface area (Å²) in [6, 6.07) is 0.205. The molecule has 0 saturated carbocycles. The molecule has 0 aliphatic carbocycles. The summed E-state index contributed by atoms with van der Waals surface area (Å²) < 4.78 is 41.5. The summed E-state index contributed by atoms with van der Waals surface area (Å²) in [6.45, 7) is 6.12. The molecular formula is C11H21F3N2O. The number of morpholine rings is 1. The van der Waals surface area contributed by atoms with Crippen LogP contribution in [-0.4, -0.2) is 56.5 Å². The molecule has 6 heteroatoms. The first-order valence-corrected chi connectivity index (χ1v) is 6.12. The Kier molecular flexibility index (Phi) is 6.22. The third-order valence-corrected chi connectivity index (χ3v) is 2.89. The predicted molar refractivity (Wildman–Crippen MR) is 60.0 cm³/mol. The van der Waals surface area contributed by atoms with Crippen molar-refractivity contribution in [1.82, 2.24) is 10.2 Å². The Morgan fingerprint density at radius 1 is 1.41 bits per heavy atom. The highest BCUT2D eigenvalue weighted by atomic mass is 19.4. The van der Waals surface area contributed by atoms with E-state index in [1.54, 1.807) is 0 Å². The minimum Gasteiger partial charge on any atom is -0.378 e. The van der Waals surface area contributed by atoms with Gasteiger partial charge in [0.25, 0.3) is 0 Å². The number of nitrogens with zero attached hydrogens (tertiary/aromatic N) is 1. The molecule has 0 radical (unpaired) electrons. The Balaban J connectivity index is 2.27. The summed E-state index contributed by atoms with van der Waals surface area (Å²) in [5.41, 5.74) is 0. The highest BCUT2D eigenvalue weighted by Gasteiger charge is 2.28. The average molecular weight is 254 g/mol. The van der Waals surface area contributed by atoms with Crippen molar-refractivity contribution < 1.29 is 17.9 Å². The highest BCUT2D eigenvalue weighted by Crippen LogP contribution is 2.21. The van der Waals surface area contributed by atoms with Crippen LogP contribution in [0.2, 0.25) is 0 Å². The average Bonchev–Trinajstić information content (AvgIpc) is 2.26. The number of likely N-dealkylation sites (N-methyl/N-ethyl adjacent to an activating group) is 1. The van der Waals surface area contributed by atoms with Gasteiger partial charge in [-0.3, -0.25) is 4.90 Å². The Bertz CT molecular complexity index is 211. The van der Waals surface area contributed by atoms with Gasteiger partial charge in [0.1, 0.15) is 0 Å². The van der Waals surface area contributed by atoms with Crippen molar-refractivity contribution in [3.05, 3.63) is 0 Å². The summed E-state index contributed by atoms with van der Waals surface area (Å²) >= 11 is 0. The third kappa shape index (κ3) is 6.24. The second-order valence-electron chi connectivity index (χ2n) is 4.29. The maximum absolute atomic E-state index is 12.1. The number of ether oxygens (including phenoxy) is 1. The van der Waals surface area contributed by atoms with Crippen LogP contribution in [0.4, 0.5) is 13.2 Å². The highest BCUT2D eigenvalue weighted by molar-refractivity contribution is 4.77. The lowest BCUT2D eigenvalue weighted by Crippen LogP contribution is -2.50. The lowest BCUT2D eigenvalue weighted by molar-refractivity contribution is -0.137. The topological polar surface area (TPSA) is 24.5 Å². The largest absolute Gasteiger partial charge is 0.389 e. The molecule has 0 bridgehead atoms. The quantitative estimate of drug-likeness (QED) is 0.780. The molecule has 1 aliphatic heterocycles. The number of halogens is 3. The summed E-state index contributed by atoms with van der Waals surface area (Å²) in [6.07, 6.45) is -4.56. The van der Waals surface area contributed by atoms with Crippen molar-refractivity contribution in [2.45, 2.75) is 32.0 Å². The van der Waals surface area contributed by atoms with Crippen molar-refractivity contribution in [3.8, 4) is 0 Å². The Hall–Kier alpha value is -0.330. The van der Waals surface area contributed by atoms with Gasteiger partial charge in [-0.05, 0) is 19.5 Å². The summed E-state index contributed by atoms with van der Waals surface area (Å²) in [4.78, 5) is 2.10. The summed E-state index contributed by atoms with van der Waals surface area (Å²) in [5.74, 6) is 0. The molecule has 0 spiro atoms. The van der Waals surface area contributed by atoms with E-state index in [0.29, 0.717) is 19.8 Å². The van der Waals surface area contributed by atoms with E-state index in [2.05, 4.69) is 10.2 Å². The van der Waals surface area contributed by atoms with E-state index in [4.69, 9.17) is 4.74 Å². The molecule has 1 heterocycles. The van der Waals surface area contributed by atoms with Crippen molar-refractivity contribution in [2.24, 2.45) is 0 Å². The van der Waals surface area contributed by atoms with Gasteiger partial charge in [0.2, 0.25) is 0 Å². The molecule has 0 amide bonds. The molecule has 0 aromatic rings. The molecule has 1 aliphatic rings. The van der Waals surface area contributed by atoms with Gasteiger partial charge in [0.05, 0.1) is 13.2 Å². The number of alkyl halides is 3. The van der Waals surface area contributed by atoms with Gasteiger partial charge >= 0.3 is 6.18 Å². The minimum absolute atomic E-state index is 0.173. The number of nitrogens with one attached hydrogen (secondary N) is 1. The Morgan fingerprint density at radius 3 is 2.82 bits per heavy atom. The molecule has 102 valence electrons. The van der Waals surface area contributed by atoms with Crippen LogP contribution in [-0.2, 0) is 4.74 Å². The maximum atomic E-state index is 12.1. The van der Waals surface area contributed by atoms with E-state index < -0.39 is 12.6 Å². The summed E-state index contributed by atoms with van der Waals surface area (Å²) in [7, 11) is 0. The molecule has 0 aromatic heterocycles. The van der Waals surface area contributed by atoms with E-state index in [0.717, 1.165) is 19.6 Å². The number of hydrogen-bond acceptors (Lipinski definition) is 3. The molecule has 1 fully saturated rings. The Morgan fingerprint density at radius 2 is 2.18 bits per heavy atom. The first kappa shape index (κ1) is 14.7. The van der Waals surface area contributed by atoms with Crippen molar-refractivity contribution >= 4 is 0 Å². The van der Waals surface area contributed by atoms with Crippen LogP contribution < -0.4 is 5.32 Å². The van der Waals surface area contributed by atoms with Crippen LogP contribution in [0.3, 0.4) is 0 Å². The molecular weight excluding hydrogens is 233 g/mol. The van der Waals surface area contributed by atoms with Gasteiger partial charge in [0, 0.05) is 25.6 Å². The minimum atomic E-state index is -4.04. The molecule has 1 saturated heterocycles. The van der Waals surface area contributed by atoms with Gasteiger partial charge in [-0.25, -0.2) is 0 Å². The van der Waals surface area contributed by atoms with E-state index >= 15 is 0 Å². The molecule has 1 rings (SSSR count). The zero-order chi connectivity index (χ0) is 12.7. The predicted octanol–water partition coefficient (Wildman–Crippen LogP) is 1.64. The lowest BCUT2D eigenvalue weighted by atomic mass is 10.2. The van der Waals surface area contributed by atoms with Gasteiger partial charge in [-0.1, -0.05) is 6.92 Å². The fourth-order valence-corrected chi connectivity index (χ4v) is 1.97. The van der Waals surface area contributed by atoms with E-state index in [-0.39, 0.29) is 12.5 Å². The number of hydrogen-bond donors (Lipinski definition) is 1. The van der Waals surface area contributed by atoms with Crippen LogP contribution in [0.15, 0.2) is 0 Å². The van der Waals surface area contributed by atoms with E-state index in [1.165, 1.54) is 0 Å². The van der Waals surface area contributed by atoms with Crippen LogP contribution in [0.25, 0.3) is 0 Å². The molecule has 1 N–H and O–H groups in total. The zero-order valence-corrected chi connectivity index (χ0v) is 10.2. The normalized spacial score (nSPS) is 22.9. The standard InChI is InChI=1S/C11H21F3N2O/c1-2-15-8-10-9-17-7-6-16(10)5-3-4-11(12,13)14/h10,15H,2-9H2,1H3. The summed E-state index contributed by atoms with van der Waals surface area (Å²) in [5, 5.41) is 3.21. The van der Waals surface area contributed by atoms with Crippen LogP contribution >= 0.6 is 0 Å². The molecule has 3 nitrogen and oxygen atoms in total. The van der Waals surface area contributed by atoms with Crippen LogP contribution in [0, 0.1) is 0 Å². The zero-order valence-electron chi connectivity index (χ0n) is 10.2. The number of rotatable bonds is 6. The molecule has 1 unspecified atom stereocenters. The third-order valence-electron chi connectivity index (χ3n) is 2.89. The van der Waals surface area contributed by atoms with Crippen molar-refractivity contribution in [2.75, 3.05) is 39.4 Å². The lowest BCUT2D eigenvalue weighted by Gasteiger charge is -2.35. The first-order chi connectivity index (χ1) is 8.03. The SMILES string of the molecule is CCNCC1COCCN1CCCC(F)(F)F. The molecule has 17 heavy (non-hydrogen) atoms. The fourth-order valence-electron chi connectivity index (χ4n) is 1.97. The van der Waals surface area contributed by atoms with Crippen molar-refractivity contribution in [1.29, 1.82) is 0 Å². The monoisotopic (exact) mass is 254 g/mol. The van der Waals surface area contributed by atoms with Gasteiger partial charge in [0.15, 0.2) is 0 Å². The van der Waals surface area contributed by atoms with Gasteiger partial charge in [-0.2, -0.15) is 13.2 Å². The molecule has 0 aromatic carbocycles. The Labute approximate surface area is 100 Å². The van der Waals surface area contributed by atoms with E-state index in [1.807, 2.05) is 6.92 Å². The first-order valence-electron chi connectivity index (χ1n) is 6.12. The van der Waals surface area contributed by atoms with Gasteiger partial charge in [-0.15, -0.1) is 0 Å². The molecule has 1 atom stereocenters. The van der Waals surface area contributed by atoms with Crippen LogP contribution in [0.1, 0.15) is 19.8 Å². The smallest absolute Gasteiger partial charge is 0.378 e. The van der Waals surface area contributed by atoms with Crippen LogP contribution in [0.5, 0.6) is 0 Å². The second kappa shape index (κ2) is 7.18. The van der Waals surface area contributed by atoms with Crippen molar-refractivity contribution in [3.63, 3.8) is 0 Å². The van der Waals surface area contributed by atoms with Gasteiger partial charge < -0.3 is 10.1 Å². The fraction of sp³-hybridized carbons (Fsp3) is 1.00. The maximum Gasteiger partial charge on any atom is 0.389 e. The second-order valence-corrected chi connectivity index (χ2v) is 4.29.